The Morgan fingerprint density at radius 1 is 1.29 bits per heavy atom. The van der Waals surface area contributed by atoms with Crippen LogP contribution in [-0.2, 0) is 6.42 Å². The Morgan fingerprint density at radius 3 is 2.71 bits per heavy atom. The van der Waals surface area contributed by atoms with Crippen LogP contribution in [0.25, 0.3) is 0 Å². The summed E-state index contributed by atoms with van der Waals surface area (Å²) in [6, 6.07) is 7.64. The van der Waals surface area contributed by atoms with Crippen molar-refractivity contribution in [1.82, 2.24) is 10.3 Å². The quantitative estimate of drug-likeness (QED) is 0.918. The maximum absolute atomic E-state index is 4.09. The fourth-order valence-corrected chi connectivity index (χ4v) is 3.76. The number of rotatable bonds is 5. The first-order valence-corrected chi connectivity index (χ1v) is 8.67. The van der Waals surface area contributed by atoms with Crippen LogP contribution in [-0.4, -0.2) is 30.2 Å². The molecule has 0 amide bonds. The van der Waals surface area contributed by atoms with Crippen molar-refractivity contribution in [2.75, 3.05) is 18.0 Å². The van der Waals surface area contributed by atoms with Gasteiger partial charge in [-0.15, -0.1) is 0 Å². The van der Waals surface area contributed by atoms with E-state index in [1.165, 1.54) is 24.1 Å². The van der Waals surface area contributed by atoms with Gasteiger partial charge in [-0.3, -0.25) is 4.98 Å². The highest BCUT2D eigenvalue weighted by Gasteiger charge is 2.20. The minimum Gasteiger partial charge on any atom is -0.371 e. The average molecular weight is 301 g/mol. The summed E-state index contributed by atoms with van der Waals surface area (Å²) in [5.41, 5.74) is 2.75. The first-order valence-electron chi connectivity index (χ1n) is 7.73. The smallest absolute Gasteiger partial charge is 0.0397 e. The highest BCUT2D eigenvalue weighted by molar-refractivity contribution is 7.07. The van der Waals surface area contributed by atoms with Crippen LogP contribution < -0.4 is 10.2 Å². The van der Waals surface area contributed by atoms with Gasteiger partial charge in [-0.25, -0.2) is 0 Å². The topological polar surface area (TPSA) is 28.2 Å². The van der Waals surface area contributed by atoms with E-state index in [-0.39, 0.29) is 0 Å². The highest BCUT2D eigenvalue weighted by atomic mass is 32.1. The summed E-state index contributed by atoms with van der Waals surface area (Å²) in [7, 11) is 0. The molecule has 3 heterocycles. The maximum atomic E-state index is 4.09. The Bertz CT molecular complexity index is 518. The first-order chi connectivity index (χ1) is 10.3. The number of nitrogens with one attached hydrogen (secondary N) is 1. The summed E-state index contributed by atoms with van der Waals surface area (Å²) >= 11 is 1.79. The lowest BCUT2D eigenvalue weighted by molar-refractivity contribution is 0.375. The molecule has 0 spiro atoms. The zero-order valence-electron chi connectivity index (χ0n) is 12.5. The van der Waals surface area contributed by atoms with Crippen LogP contribution in [0.1, 0.15) is 25.3 Å². The van der Waals surface area contributed by atoms with Crippen LogP contribution in [0.15, 0.2) is 41.4 Å². The molecule has 1 aliphatic heterocycles. The molecule has 1 saturated heterocycles. The van der Waals surface area contributed by atoms with Gasteiger partial charge in [0.1, 0.15) is 0 Å². The molecule has 0 bridgehead atoms. The third-order valence-electron chi connectivity index (χ3n) is 4.17. The molecular formula is C17H23N3S. The molecule has 0 radical (unpaired) electrons. The van der Waals surface area contributed by atoms with Crippen LogP contribution in [0, 0.1) is 0 Å². The van der Waals surface area contributed by atoms with Gasteiger partial charge in [0, 0.05) is 43.3 Å². The number of piperidine rings is 1. The van der Waals surface area contributed by atoms with Crippen molar-refractivity contribution in [2.45, 2.75) is 38.3 Å². The lowest BCUT2D eigenvalue weighted by Gasteiger charge is -2.35. The molecular weight excluding hydrogens is 278 g/mol. The minimum atomic E-state index is 0.553. The van der Waals surface area contributed by atoms with E-state index in [2.05, 4.69) is 51.1 Å². The molecule has 4 heteroatoms. The number of nitrogens with zero attached hydrogens (tertiary/aromatic N) is 2. The predicted molar refractivity (Wildman–Crippen MR) is 90.1 cm³/mol. The van der Waals surface area contributed by atoms with E-state index in [1.54, 1.807) is 11.3 Å². The fraction of sp³-hybridized carbons (Fsp3) is 0.471. The summed E-state index contributed by atoms with van der Waals surface area (Å²) in [5.74, 6) is 0. The zero-order chi connectivity index (χ0) is 14.5. The standard InChI is InChI=1S/C17H23N3S/c1-14(12-15-6-11-21-13-15)19-16-4-9-20(10-5-16)17-2-7-18-8-3-17/h2-3,6-8,11,13-14,16,19H,4-5,9-10,12H2,1H3. The summed E-state index contributed by atoms with van der Waals surface area (Å²) in [4.78, 5) is 6.55. The van der Waals surface area contributed by atoms with E-state index in [9.17, 15) is 0 Å². The van der Waals surface area contributed by atoms with Crippen molar-refractivity contribution < 1.29 is 0 Å². The molecule has 21 heavy (non-hydrogen) atoms. The van der Waals surface area contributed by atoms with Gasteiger partial charge in [-0.1, -0.05) is 0 Å². The molecule has 0 aliphatic carbocycles. The second-order valence-corrected chi connectivity index (χ2v) is 6.65. The fourth-order valence-electron chi connectivity index (χ4n) is 3.08. The van der Waals surface area contributed by atoms with E-state index in [1.807, 2.05) is 12.4 Å². The number of hydrogen-bond acceptors (Lipinski definition) is 4. The molecule has 0 aromatic carbocycles. The Balaban J connectivity index is 1.45. The van der Waals surface area contributed by atoms with Crippen molar-refractivity contribution in [3.05, 3.63) is 46.9 Å². The molecule has 1 N–H and O–H groups in total. The maximum Gasteiger partial charge on any atom is 0.0397 e. The summed E-state index contributed by atoms with van der Waals surface area (Å²) in [6.45, 7) is 4.56. The normalized spacial score (nSPS) is 17.9. The third-order valence-corrected chi connectivity index (χ3v) is 4.90. The van der Waals surface area contributed by atoms with E-state index in [4.69, 9.17) is 0 Å². The van der Waals surface area contributed by atoms with Crippen molar-refractivity contribution in [3.63, 3.8) is 0 Å². The lowest BCUT2D eigenvalue weighted by atomic mass is 10.0. The predicted octanol–water partition coefficient (Wildman–Crippen LogP) is 3.33. The van der Waals surface area contributed by atoms with E-state index in [0.717, 1.165) is 19.5 Å². The molecule has 1 unspecified atom stereocenters. The van der Waals surface area contributed by atoms with Crippen molar-refractivity contribution in [2.24, 2.45) is 0 Å². The van der Waals surface area contributed by atoms with Crippen molar-refractivity contribution in [1.29, 1.82) is 0 Å². The van der Waals surface area contributed by atoms with Crippen molar-refractivity contribution in [3.8, 4) is 0 Å². The number of thiophene rings is 1. The molecule has 2 aromatic rings. The van der Waals surface area contributed by atoms with Gasteiger partial charge in [0.2, 0.25) is 0 Å². The van der Waals surface area contributed by atoms with Gasteiger partial charge in [0.05, 0.1) is 0 Å². The second kappa shape index (κ2) is 7.05. The SMILES string of the molecule is CC(Cc1ccsc1)NC1CCN(c2ccncc2)CC1. The molecule has 0 saturated carbocycles. The first kappa shape index (κ1) is 14.5. The molecule has 1 atom stereocenters. The summed E-state index contributed by atoms with van der Waals surface area (Å²) < 4.78 is 0. The van der Waals surface area contributed by atoms with E-state index < -0.39 is 0 Å². The van der Waals surface area contributed by atoms with Gasteiger partial charge in [0.15, 0.2) is 0 Å². The number of anilines is 1. The highest BCUT2D eigenvalue weighted by Crippen LogP contribution is 2.19. The van der Waals surface area contributed by atoms with Gasteiger partial charge >= 0.3 is 0 Å². The van der Waals surface area contributed by atoms with Gasteiger partial charge in [-0.05, 0) is 60.7 Å². The molecule has 112 valence electrons. The van der Waals surface area contributed by atoms with Crippen LogP contribution in [0.4, 0.5) is 5.69 Å². The number of pyridine rings is 1. The Kier molecular flexibility index (Phi) is 4.88. The van der Waals surface area contributed by atoms with Crippen LogP contribution in [0.2, 0.25) is 0 Å². The molecule has 3 nitrogen and oxygen atoms in total. The zero-order valence-corrected chi connectivity index (χ0v) is 13.4. The molecule has 3 rings (SSSR count). The van der Waals surface area contributed by atoms with Gasteiger partial charge in [-0.2, -0.15) is 11.3 Å². The third kappa shape index (κ3) is 4.05. The van der Waals surface area contributed by atoms with Gasteiger partial charge < -0.3 is 10.2 Å². The molecule has 2 aromatic heterocycles. The number of aromatic nitrogens is 1. The van der Waals surface area contributed by atoms with Crippen LogP contribution in [0.3, 0.4) is 0 Å². The summed E-state index contributed by atoms with van der Waals surface area (Å²) in [6.07, 6.45) is 7.33. The lowest BCUT2D eigenvalue weighted by Crippen LogP contribution is -2.46. The monoisotopic (exact) mass is 301 g/mol. The number of hydrogen-bond donors (Lipinski definition) is 1. The Labute approximate surface area is 131 Å². The van der Waals surface area contributed by atoms with Gasteiger partial charge in [0.25, 0.3) is 0 Å². The van der Waals surface area contributed by atoms with Crippen LogP contribution >= 0.6 is 11.3 Å². The second-order valence-electron chi connectivity index (χ2n) is 5.87. The van der Waals surface area contributed by atoms with Crippen LogP contribution in [0.5, 0.6) is 0 Å². The molecule has 1 aliphatic rings. The largest absolute Gasteiger partial charge is 0.371 e. The Hall–Kier alpha value is -1.39. The van der Waals surface area contributed by atoms with E-state index >= 15 is 0 Å². The van der Waals surface area contributed by atoms with E-state index in [0.29, 0.717) is 12.1 Å². The van der Waals surface area contributed by atoms with Crippen molar-refractivity contribution >= 4 is 17.0 Å². The average Bonchev–Trinajstić information content (AvgIpc) is 3.02. The molecule has 1 fully saturated rings. The minimum absolute atomic E-state index is 0.553. The summed E-state index contributed by atoms with van der Waals surface area (Å²) in [5, 5.41) is 8.21. The Morgan fingerprint density at radius 2 is 2.05 bits per heavy atom.